The number of aromatic nitrogens is 2. The van der Waals surface area contributed by atoms with Crippen LogP contribution in [0.25, 0.3) is 22.1 Å². The first-order chi connectivity index (χ1) is 11.2. The average molecular weight is 360 g/mol. The van der Waals surface area contributed by atoms with E-state index < -0.39 is 0 Å². The molecule has 2 aromatic heterocycles. The summed E-state index contributed by atoms with van der Waals surface area (Å²) in [4.78, 5) is 9.22. The molecule has 4 aromatic rings. The van der Waals surface area contributed by atoms with Gasteiger partial charge in [0.2, 0.25) is 0 Å². The van der Waals surface area contributed by atoms with Crippen LogP contribution in [-0.2, 0) is 6.42 Å². The van der Waals surface area contributed by atoms with E-state index in [-0.39, 0.29) is 12.4 Å². The first-order valence-corrected chi connectivity index (χ1v) is 7.83. The van der Waals surface area contributed by atoms with Crippen LogP contribution in [0, 0.1) is 0 Å². The van der Waals surface area contributed by atoms with Crippen molar-refractivity contribution in [2.45, 2.75) is 13.3 Å². The highest BCUT2D eigenvalue weighted by molar-refractivity contribution is 6.30. The fourth-order valence-corrected chi connectivity index (χ4v) is 2.68. The molecule has 0 aliphatic rings. The van der Waals surface area contributed by atoms with Crippen LogP contribution in [0.1, 0.15) is 12.7 Å². The van der Waals surface area contributed by atoms with E-state index in [1.165, 1.54) is 0 Å². The summed E-state index contributed by atoms with van der Waals surface area (Å²) in [6, 6.07) is 15.4. The van der Waals surface area contributed by atoms with Gasteiger partial charge in [0.15, 0.2) is 11.4 Å². The minimum Gasteiger partial charge on any atom is -0.450 e. The van der Waals surface area contributed by atoms with Gasteiger partial charge in [-0.25, -0.2) is 9.97 Å². The molecule has 122 valence electrons. The summed E-state index contributed by atoms with van der Waals surface area (Å²) in [6.45, 7) is 2.04. The van der Waals surface area contributed by atoms with E-state index in [4.69, 9.17) is 16.0 Å². The molecule has 4 rings (SSSR count). The fourth-order valence-electron chi connectivity index (χ4n) is 2.55. The Labute approximate surface area is 150 Å². The van der Waals surface area contributed by atoms with E-state index in [2.05, 4.69) is 15.3 Å². The highest BCUT2D eigenvalue weighted by Crippen LogP contribution is 2.32. The van der Waals surface area contributed by atoms with E-state index in [9.17, 15) is 0 Å². The third-order valence-electron chi connectivity index (χ3n) is 3.69. The first kappa shape index (κ1) is 16.6. The van der Waals surface area contributed by atoms with Crippen molar-refractivity contribution in [3.63, 3.8) is 0 Å². The molecule has 0 atom stereocenters. The predicted molar refractivity (Wildman–Crippen MR) is 101 cm³/mol. The van der Waals surface area contributed by atoms with Gasteiger partial charge in [-0.3, -0.25) is 0 Å². The third-order valence-corrected chi connectivity index (χ3v) is 3.94. The fraction of sp³-hybridized carbons (Fsp3) is 0.111. The van der Waals surface area contributed by atoms with Crippen molar-refractivity contribution < 1.29 is 4.42 Å². The molecule has 0 spiro atoms. The SMILES string of the molecule is CCc1nc(Nc2ccc(Cl)cc2)c2oc3ccccc3c2n1.Cl. The van der Waals surface area contributed by atoms with Crippen LogP contribution in [-0.4, -0.2) is 9.97 Å². The smallest absolute Gasteiger partial charge is 0.196 e. The Morgan fingerprint density at radius 1 is 1.04 bits per heavy atom. The number of benzene rings is 2. The van der Waals surface area contributed by atoms with E-state index in [1.54, 1.807) is 0 Å². The van der Waals surface area contributed by atoms with E-state index in [1.807, 2.05) is 55.5 Å². The van der Waals surface area contributed by atoms with Crippen LogP contribution in [0.5, 0.6) is 0 Å². The summed E-state index contributed by atoms with van der Waals surface area (Å²) >= 11 is 5.94. The quantitative estimate of drug-likeness (QED) is 0.505. The molecule has 0 aliphatic heterocycles. The Hall–Kier alpha value is -2.30. The topological polar surface area (TPSA) is 51.0 Å². The molecule has 2 aromatic carbocycles. The Morgan fingerprint density at radius 3 is 2.54 bits per heavy atom. The van der Waals surface area contributed by atoms with Gasteiger partial charge in [-0.15, -0.1) is 12.4 Å². The molecule has 1 N–H and O–H groups in total. The monoisotopic (exact) mass is 359 g/mol. The molecule has 0 amide bonds. The number of fused-ring (bicyclic) bond motifs is 3. The number of furan rings is 1. The van der Waals surface area contributed by atoms with Crippen LogP contribution in [0.4, 0.5) is 11.5 Å². The van der Waals surface area contributed by atoms with E-state index in [0.717, 1.165) is 34.4 Å². The Bertz CT molecular complexity index is 996. The van der Waals surface area contributed by atoms with Gasteiger partial charge in [-0.1, -0.05) is 30.7 Å². The number of nitrogens with zero attached hydrogens (tertiary/aromatic N) is 2. The van der Waals surface area contributed by atoms with Gasteiger partial charge < -0.3 is 9.73 Å². The molecule has 0 fully saturated rings. The zero-order valence-electron chi connectivity index (χ0n) is 12.9. The highest BCUT2D eigenvalue weighted by Gasteiger charge is 2.15. The van der Waals surface area contributed by atoms with Crippen LogP contribution >= 0.6 is 24.0 Å². The summed E-state index contributed by atoms with van der Waals surface area (Å²) in [5, 5.41) is 5.00. The average Bonchev–Trinajstić information content (AvgIpc) is 2.96. The number of anilines is 2. The van der Waals surface area contributed by atoms with Gasteiger partial charge in [0, 0.05) is 22.5 Å². The number of halogens is 2. The van der Waals surface area contributed by atoms with Crippen LogP contribution in [0.2, 0.25) is 5.02 Å². The summed E-state index contributed by atoms with van der Waals surface area (Å²) in [5.74, 6) is 1.45. The second kappa shape index (κ2) is 6.67. The molecule has 24 heavy (non-hydrogen) atoms. The summed E-state index contributed by atoms with van der Waals surface area (Å²) in [5.41, 5.74) is 3.21. The van der Waals surface area contributed by atoms with Crippen molar-refractivity contribution in [2.24, 2.45) is 0 Å². The standard InChI is InChI=1S/C18H14ClN3O.ClH/c1-2-15-21-16-13-5-3-4-6-14(13)23-17(16)18(22-15)20-12-9-7-11(19)8-10-12;/h3-10H,2H2,1H3,(H,20,21,22);1H. The largest absolute Gasteiger partial charge is 0.450 e. The lowest BCUT2D eigenvalue weighted by Gasteiger charge is -2.07. The van der Waals surface area contributed by atoms with E-state index >= 15 is 0 Å². The maximum absolute atomic E-state index is 5.97. The van der Waals surface area contributed by atoms with Crippen molar-refractivity contribution in [3.8, 4) is 0 Å². The lowest BCUT2D eigenvalue weighted by atomic mass is 10.2. The van der Waals surface area contributed by atoms with Gasteiger partial charge >= 0.3 is 0 Å². The first-order valence-electron chi connectivity index (χ1n) is 7.45. The molecular weight excluding hydrogens is 345 g/mol. The minimum atomic E-state index is 0. The number of hydrogen-bond acceptors (Lipinski definition) is 4. The van der Waals surface area contributed by atoms with Crippen molar-refractivity contribution in [2.75, 3.05) is 5.32 Å². The van der Waals surface area contributed by atoms with Crippen molar-refractivity contribution in [1.29, 1.82) is 0 Å². The Balaban J connectivity index is 0.00000169. The molecule has 2 heterocycles. The molecule has 0 unspecified atom stereocenters. The second-order valence-electron chi connectivity index (χ2n) is 5.25. The summed E-state index contributed by atoms with van der Waals surface area (Å²) < 4.78 is 5.97. The maximum Gasteiger partial charge on any atom is 0.196 e. The number of aryl methyl sites for hydroxylation is 1. The molecule has 0 radical (unpaired) electrons. The molecule has 0 bridgehead atoms. The summed E-state index contributed by atoms with van der Waals surface area (Å²) in [6.07, 6.45) is 0.755. The van der Waals surface area contributed by atoms with Crippen molar-refractivity contribution in [3.05, 3.63) is 59.4 Å². The molecular formula is C18H15Cl2N3O. The van der Waals surface area contributed by atoms with E-state index in [0.29, 0.717) is 16.4 Å². The Morgan fingerprint density at radius 2 is 1.79 bits per heavy atom. The van der Waals surface area contributed by atoms with Gasteiger partial charge in [0.25, 0.3) is 0 Å². The number of nitrogens with one attached hydrogen (secondary N) is 1. The van der Waals surface area contributed by atoms with Crippen LogP contribution in [0.3, 0.4) is 0 Å². The number of hydrogen-bond donors (Lipinski definition) is 1. The summed E-state index contributed by atoms with van der Waals surface area (Å²) in [7, 11) is 0. The van der Waals surface area contributed by atoms with Crippen molar-refractivity contribution in [1.82, 2.24) is 9.97 Å². The molecule has 4 nitrogen and oxygen atoms in total. The molecule has 0 saturated carbocycles. The second-order valence-corrected chi connectivity index (χ2v) is 5.69. The molecule has 0 saturated heterocycles. The maximum atomic E-state index is 5.97. The van der Waals surface area contributed by atoms with Crippen LogP contribution in [0.15, 0.2) is 52.9 Å². The van der Waals surface area contributed by atoms with Crippen LogP contribution < -0.4 is 5.32 Å². The highest BCUT2D eigenvalue weighted by atomic mass is 35.5. The van der Waals surface area contributed by atoms with Gasteiger partial charge in [-0.05, 0) is 36.4 Å². The number of rotatable bonds is 3. The lowest BCUT2D eigenvalue weighted by molar-refractivity contribution is 0.666. The van der Waals surface area contributed by atoms with Gasteiger partial charge in [0.1, 0.15) is 16.9 Å². The zero-order chi connectivity index (χ0) is 15.8. The van der Waals surface area contributed by atoms with Gasteiger partial charge in [0.05, 0.1) is 0 Å². The van der Waals surface area contributed by atoms with Crippen molar-refractivity contribution >= 4 is 57.6 Å². The molecule has 0 aliphatic carbocycles. The lowest BCUT2D eigenvalue weighted by Crippen LogP contribution is -2.00. The third kappa shape index (κ3) is 2.90. The molecule has 6 heteroatoms. The van der Waals surface area contributed by atoms with Gasteiger partial charge in [-0.2, -0.15) is 0 Å². The normalized spacial score (nSPS) is 10.8. The predicted octanol–water partition coefficient (Wildman–Crippen LogP) is 5.76. The zero-order valence-corrected chi connectivity index (χ0v) is 14.5. The Kier molecular flexibility index (Phi) is 4.60. The number of para-hydroxylation sites is 1. The minimum absolute atomic E-state index is 0.